The zero-order valence-corrected chi connectivity index (χ0v) is 17.5. The second-order valence-corrected chi connectivity index (χ2v) is 8.30. The Balaban J connectivity index is 2.00. The third-order valence-electron chi connectivity index (χ3n) is 5.49. The first-order valence-electron chi connectivity index (χ1n) is 9.68. The van der Waals surface area contributed by atoms with Crippen molar-refractivity contribution in [3.05, 3.63) is 69.6 Å². The minimum Gasteiger partial charge on any atom is -0.364 e. The molecule has 0 radical (unpaired) electrons. The molecule has 0 spiro atoms. The molecule has 3 aromatic rings. The molecule has 1 aliphatic rings. The summed E-state index contributed by atoms with van der Waals surface area (Å²) in [6.07, 6.45) is 4.88. The Morgan fingerprint density at radius 1 is 1.13 bits per heavy atom. The summed E-state index contributed by atoms with van der Waals surface area (Å²) in [5.41, 5.74) is 6.40. The van der Waals surface area contributed by atoms with Crippen LogP contribution in [0, 0.1) is 17.6 Å². The van der Waals surface area contributed by atoms with Gasteiger partial charge in [0.05, 0.1) is 21.4 Å². The van der Waals surface area contributed by atoms with E-state index >= 15 is 4.39 Å². The zero-order valence-electron chi connectivity index (χ0n) is 16.0. The second kappa shape index (κ2) is 8.36. The van der Waals surface area contributed by atoms with Crippen molar-refractivity contribution in [2.24, 2.45) is 11.7 Å². The molecule has 0 unspecified atom stereocenters. The first-order valence-corrected chi connectivity index (χ1v) is 10.4. The molecule has 2 N–H and O–H groups in total. The van der Waals surface area contributed by atoms with E-state index in [-0.39, 0.29) is 27.1 Å². The van der Waals surface area contributed by atoms with Crippen molar-refractivity contribution in [3.8, 4) is 16.9 Å². The molecular formula is C22H19Cl2F2N3O. The van der Waals surface area contributed by atoms with Crippen LogP contribution >= 0.6 is 23.2 Å². The number of primary amides is 1. The Bertz CT molecular complexity index is 1120. The minimum absolute atomic E-state index is 0.0231. The summed E-state index contributed by atoms with van der Waals surface area (Å²) in [5, 5.41) is -0.184. The summed E-state index contributed by atoms with van der Waals surface area (Å²) in [6.45, 7) is 0. The van der Waals surface area contributed by atoms with Gasteiger partial charge >= 0.3 is 0 Å². The summed E-state index contributed by atoms with van der Waals surface area (Å²) in [6, 6.07) is 8.63. The fraction of sp³-hybridized carbons (Fsp3) is 0.273. The molecule has 0 atom stereocenters. The molecule has 1 saturated carbocycles. The average molecular weight is 450 g/mol. The van der Waals surface area contributed by atoms with E-state index in [2.05, 4.69) is 4.98 Å². The predicted molar refractivity (Wildman–Crippen MR) is 113 cm³/mol. The summed E-state index contributed by atoms with van der Waals surface area (Å²) in [4.78, 5) is 16.7. The Kier molecular flexibility index (Phi) is 5.80. The van der Waals surface area contributed by atoms with E-state index in [1.165, 1.54) is 24.3 Å². The number of aromatic nitrogens is 2. The summed E-state index contributed by atoms with van der Waals surface area (Å²) >= 11 is 12.0. The molecule has 0 saturated heterocycles. The van der Waals surface area contributed by atoms with Gasteiger partial charge < -0.3 is 5.73 Å². The fourth-order valence-electron chi connectivity index (χ4n) is 4.08. The lowest BCUT2D eigenvalue weighted by Crippen LogP contribution is -2.13. The smallest absolute Gasteiger partial charge is 0.269 e. The Hall–Kier alpha value is -2.44. The highest BCUT2D eigenvalue weighted by Crippen LogP contribution is 2.36. The topological polar surface area (TPSA) is 60.9 Å². The number of imidazole rings is 1. The quantitative estimate of drug-likeness (QED) is 0.522. The molecule has 30 heavy (non-hydrogen) atoms. The first-order chi connectivity index (χ1) is 14.4. The van der Waals surface area contributed by atoms with Gasteiger partial charge in [-0.05, 0) is 36.2 Å². The second-order valence-electron chi connectivity index (χ2n) is 7.48. The van der Waals surface area contributed by atoms with Crippen LogP contribution in [0.1, 0.15) is 42.0 Å². The number of nitrogens with two attached hydrogens (primary N) is 1. The zero-order chi connectivity index (χ0) is 21.4. The SMILES string of the molecule is NC(=O)c1nc(CC2CCCC2)n(-c2cccc(Cl)c2F)c1-c1ccc(F)c(Cl)c1. The van der Waals surface area contributed by atoms with Crippen LogP contribution in [-0.2, 0) is 6.42 Å². The molecule has 4 rings (SSSR count). The largest absolute Gasteiger partial charge is 0.364 e. The van der Waals surface area contributed by atoms with Gasteiger partial charge in [0.1, 0.15) is 11.6 Å². The van der Waals surface area contributed by atoms with Crippen molar-refractivity contribution >= 4 is 29.1 Å². The summed E-state index contributed by atoms with van der Waals surface area (Å²) < 4.78 is 30.4. The van der Waals surface area contributed by atoms with Crippen molar-refractivity contribution in [3.63, 3.8) is 0 Å². The highest BCUT2D eigenvalue weighted by Gasteiger charge is 2.28. The Morgan fingerprint density at radius 3 is 2.53 bits per heavy atom. The highest BCUT2D eigenvalue weighted by atomic mass is 35.5. The molecule has 4 nitrogen and oxygen atoms in total. The van der Waals surface area contributed by atoms with E-state index in [1.807, 2.05) is 0 Å². The van der Waals surface area contributed by atoms with Gasteiger partial charge in [-0.3, -0.25) is 9.36 Å². The van der Waals surface area contributed by atoms with Crippen LogP contribution in [0.4, 0.5) is 8.78 Å². The number of hydrogen-bond acceptors (Lipinski definition) is 2. The molecule has 0 bridgehead atoms. The molecular weight excluding hydrogens is 431 g/mol. The van der Waals surface area contributed by atoms with E-state index < -0.39 is 17.5 Å². The lowest BCUT2D eigenvalue weighted by molar-refractivity contribution is 0.0996. The molecule has 1 heterocycles. The predicted octanol–water partition coefficient (Wildman–Crippen LogP) is 5.96. The summed E-state index contributed by atoms with van der Waals surface area (Å²) in [5.74, 6) is -1.13. The lowest BCUT2D eigenvalue weighted by Gasteiger charge is -2.16. The number of benzene rings is 2. The number of amides is 1. The van der Waals surface area contributed by atoms with Crippen LogP contribution in [0.5, 0.6) is 0 Å². The van der Waals surface area contributed by atoms with Crippen molar-refractivity contribution in [1.82, 2.24) is 9.55 Å². The molecule has 1 fully saturated rings. The number of carbonyl (C=O) groups excluding carboxylic acids is 1. The Labute approximate surface area is 182 Å². The molecule has 2 aromatic carbocycles. The van der Waals surface area contributed by atoms with Gasteiger partial charge in [0, 0.05) is 12.0 Å². The van der Waals surface area contributed by atoms with Crippen molar-refractivity contribution in [2.45, 2.75) is 32.1 Å². The van der Waals surface area contributed by atoms with Crippen LogP contribution < -0.4 is 5.73 Å². The third kappa shape index (κ3) is 3.82. The maximum absolute atomic E-state index is 15.0. The van der Waals surface area contributed by atoms with Crippen LogP contribution in [0.3, 0.4) is 0 Å². The molecule has 1 amide bonds. The highest BCUT2D eigenvalue weighted by molar-refractivity contribution is 6.31. The number of halogens is 4. The van der Waals surface area contributed by atoms with E-state index in [4.69, 9.17) is 28.9 Å². The molecule has 8 heteroatoms. The first kappa shape index (κ1) is 20.8. The van der Waals surface area contributed by atoms with Crippen molar-refractivity contribution < 1.29 is 13.6 Å². The lowest BCUT2D eigenvalue weighted by atomic mass is 10.0. The number of carbonyl (C=O) groups is 1. The van der Waals surface area contributed by atoms with Gasteiger partial charge in [0.2, 0.25) is 0 Å². The third-order valence-corrected chi connectivity index (χ3v) is 6.07. The minimum atomic E-state index is -0.765. The number of nitrogens with zero attached hydrogens (tertiary/aromatic N) is 2. The standard InChI is InChI=1S/C22H19Cl2F2N3O/c23-14-6-3-7-17(19(14)26)29-18(10-12-4-1-2-5-12)28-20(22(27)30)21(29)13-8-9-16(25)15(24)11-13/h3,6-9,11-12H,1-2,4-5,10H2,(H2,27,30). The molecule has 0 aliphatic heterocycles. The molecule has 156 valence electrons. The van der Waals surface area contributed by atoms with E-state index in [0.29, 0.717) is 23.7 Å². The number of rotatable bonds is 5. The van der Waals surface area contributed by atoms with Crippen LogP contribution in [0.2, 0.25) is 10.0 Å². The maximum atomic E-state index is 15.0. The van der Waals surface area contributed by atoms with Gasteiger partial charge in [-0.2, -0.15) is 0 Å². The van der Waals surface area contributed by atoms with Gasteiger partial charge in [-0.1, -0.05) is 55.0 Å². The van der Waals surface area contributed by atoms with E-state index in [9.17, 15) is 9.18 Å². The number of hydrogen-bond donors (Lipinski definition) is 1. The van der Waals surface area contributed by atoms with Gasteiger partial charge in [-0.15, -0.1) is 0 Å². The van der Waals surface area contributed by atoms with Crippen molar-refractivity contribution in [2.75, 3.05) is 0 Å². The average Bonchev–Trinajstić information content (AvgIpc) is 3.35. The van der Waals surface area contributed by atoms with Crippen LogP contribution in [0.25, 0.3) is 16.9 Å². The van der Waals surface area contributed by atoms with Gasteiger partial charge in [0.15, 0.2) is 11.5 Å². The van der Waals surface area contributed by atoms with Crippen LogP contribution in [0.15, 0.2) is 36.4 Å². The molecule has 1 aromatic heterocycles. The summed E-state index contributed by atoms with van der Waals surface area (Å²) in [7, 11) is 0. The van der Waals surface area contributed by atoms with E-state index in [0.717, 1.165) is 25.7 Å². The van der Waals surface area contributed by atoms with Crippen LogP contribution in [-0.4, -0.2) is 15.5 Å². The molecule has 1 aliphatic carbocycles. The van der Waals surface area contributed by atoms with Gasteiger partial charge in [-0.25, -0.2) is 13.8 Å². The van der Waals surface area contributed by atoms with E-state index in [1.54, 1.807) is 16.7 Å². The normalized spacial score (nSPS) is 14.4. The van der Waals surface area contributed by atoms with Gasteiger partial charge in [0.25, 0.3) is 5.91 Å². The van der Waals surface area contributed by atoms with Crippen molar-refractivity contribution in [1.29, 1.82) is 0 Å². The fourth-order valence-corrected chi connectivity index (χ4v) is 4.43. The Morgan fingerprint density at radius 2 is 1.87 bits per heavy atom. The maximum Gasteiger partial charge on any atom is 0.269 e. The monoisotopic (exact) mass is 449 g/mol.